The van der Waals surface area contributed by atoms with Gasteiger partial charge in [0.15, 0.2) is 9.84 Å². The lowest BCUT2D eigenvalue weighted by Gasteiger charge is -2.10. The van der Waals surface area contributed by atoms with E-state index in [1.54, 1.807) is 42.5 Å². The van der Waals surface area contributed by atoms with Gasteiger partial charge in [0.1, 0.15) is 0 Å². The first-order valence-corrected chi connectivity index (χ1v) is 9.52. The monoisotopic (exact) mass is 361 g/mol. The average Bonchev–Trinajstić information content (AvgIpc) is 2.55. The highest BCUT2D eigenvalue weighted by atomic mass is 32.2. The van der Waals surface area contributed by atoms with Crippen LogP contribution in [0.1, 0.15) is 31.8 Å². The number of carbonyl (C=O) groups excluding carboxylic acids is 2. The summed E-state index contributed by atoms with van der Waals surface area (Å²) in [5.74, 6) is -0.911. The number of rotatable bonds is 5. The summed E-state index contributed by atoms with van der Waals surface area (Å²) < 4.78 is 27.3. The molecule has 0 bridgehead atoms. The minimum Gasteiger partial charge on any atom is -0.465 e. The van der Waals surface area contributed by atoms with Crippen LogP contribution in [-0.2, 0) is 20.3 Å². The molecule has 0 saturated carbocycles. The number of anilines is 1. The van der Waals surface area contributed by atoms with Gasteiger partial charge in [-0.1, -0.05) is 18.2 Å². The SMILES string of the molecule is COC(=O)c1ccc(C)c(NC(=O)c2ccc(CS(C)(=O)=O)cc2)c1. The summed E-state index contributed by atoms with van der Waals surface area (Å²) in [5, 5.41) is 2.75. The molecule has 2 aromatic rings. The summed E-state index contributed by atoms with van der Waals surface area (Å²) in [6.45, 7) is 1.81. The number of esters is 1. The summed E-state index contributed by atoms with van der Waals surface area (Å²) in [4.78, 5) is 24.0. The van der Waals surface area contributed by atoms with Crippen molar-refractivity contribution in [1.82, 2.24) is 0 Å². The predicted octanol–water partition coefficient (Wildman–Crippen LogP) is 2.58. The van der Waals surface area contributed by atoms with Crippen molar-refractivity contribution in [3.63, 3.8) is 0 Å². The van der Waals surface area contributed by atoms with Gasteiger partial charge < -0.3 is 10.1 Å². The fraction of sp³-hybridized carbons (Fsp3) is 0.222. The Kier molecular flexibility index (Phi) is 5.58. The summed E-state index contributed by atoms with van der Waals surface area (Å²) in [5.41, 5.74) is 2.65. The smallest absolute Gasteiger partial charge is 0.337 e. The van der Waals surface area contributed by atoms with Crippen molar-refractivity contribution in [3.05, 3.63) is 64.7 Å². The Bertz CT molecular complexity index is 902. The average molecular weight is 361 g/mol. The minimum atomic E-state index is -3.12. The van der Waals surface area contributed by atoms with Gasteiger partial charge in [-0.3, -0.25) is 4.79 Å². The number of amides is 1. The molecule has 1 amide bonds. The van der Waals surface area contributed by atoms with E-state index in [9.17, 15) is 18.0 Å². The van der Waals surface area contributed by atoms with Crippen LogP contribution in [0.5, 0.6) is 0 Å². The van der Waals surface area contributed by atoms with E-state index in [1.165, 1.54) is 7.11 Å². The molecule has 2 rings (SSSR count). The van der Waals surface area contributed by atoms with E-state index in [0.717, 1.165) is 11.8 Å². The second-order valence-corrected chi connectivity index (χ2v) is 7.88. The molecule has 132 valence electrons. The highest BCUT2D eigenvalue weighted by molar-refractivity contribution is 7.89. The molecule has 0 atom stereocenters. The van der Waals surface area contributed by atoms with Gasteiger partial charge in [0.25, 0.3) is 5.91 Å². The fourth-order valence-corrected chi connectivity index (χ4v) is 3.05. The van der Waals surface area contributed by atoms with Crippen molar-refractivity contribution in [1.29, 1.82) is 0 Å². The van der Waals surface area contributed by atoms with Gasteiger partial charge >= 0.3 is 5.97 Å². The number of aryl methyl sites for hydroxylation is 1. The zero-order valence-corrected chi connectivity index (χ0v) is 15.0. The summed E-state index contributed by atoms with van der Waals surface area (Å²) >= 11 is 0. The van der Waals surface area contributed by atoms with E-state index >= 15 is 0 Å². The van der Waals surface area contributed by atoms with Crippen LogP contribution >= 0.6 is 0 Å². The van der Waals surface area contributed by atoms with Crippen molar-refractivity contribution in [2.75, 3.05) is 18.7 Å². The van der Waals surface area contributed by atoms with Crippen LogP contribution in [0.2, 0.25) is 0 Å². The molecular weight excluding hydrogens is 342 g/mol. The molecule has 1 N–H and O–H groups in total. The van der Waals surface area contributed by atoms with Crippen LogP contribution in [0.3, 0.4) is 0 Å². The van der Waals surface area contributed by atoms with Crippen LogP contribution in [-0.4, -0.2) is 33.7 Å². The van der Waals surface area contributed by atoms with Crippen molar-refractivity contribution < 1.29 is 22.7 Å². The molecule has 0 aromatic heterocycles. The number of methoxy groups -OCH3 is 1. The topological polar surface area (TPSA) is 89.5 Å². The van der Waals surface area contributed by atoms with E-state index in [-0.39, 0.29) is 11.7 Å². The molecule has 0 aliphatic carbocycles. The number of hydrogen-bond donors (Lipinski definition) is 1. The maximum Gasteiger partial charge on any atom is 0.337 e. The molecule has 0 radical (unpaired) electrons. The maximum absolute atomic E-state index is 12.4. The highest BCUT2D eigenvalue weighted by Crippen LogP contribution is 2.19. The Morgan fingerprint density at radius 1 is 1.04 bits per heavy atom. The molecule has 6 nitrogen and oxygen atoms in total. The lowest BCUT2D eigenvalue weighted by Crippen LogP contribution is -2.14. The second-order valence-electron chi connectivity index (χ2n) is 5.74. The Hall–Kier alpha value is -2.67. The molecule has 0 heterocycles. The van der Waals surface area contributed by atoms with Gasteiger partial charge in [-0.05, 0) is 42.3 Å². The van der Waals surface area contributed by atoms with Gasteiger partial charge in [0, 0.05) is 17.5 Å². The van der Waals surface area contributed by atoms with Crippen LogP contribution in [0.25, 0.3) is 0 Å². The zero-order chi connectivity index (χ0) is 18.6. The van der Waals surface area contributed by atoms with Crippen LogP contribution < -0.4 is 5.32 Å². The van der Waals surface area contributed by atoms with E-state index in [2.05, 4.69) is 10.1 Å². The van der Waals surface area contributed by atoms with E-state index in [1.807, 2.05) is 6.92 Å². The lowest BCUT2D eigenvalue weighted by molar-refractivity contribution is 0.0600. The molecule has 0 fully saturated rings. The predicted molar refractivity (Wildman–Crippen MR) is 95.5 cm³/mol. The number of carbonyl (C=O) groups is 2. The van der Waals surface area contributed by atoms with Crippen LogP contribution in [0.4, 0.5) is 5.69 Å². The van der Waals surface area contributed by atoms with E-state index < -0.39 is 15.8 Å². The molecule has 0 unspecified atom stereocenters. The van der Waals surface area contributed by atoms with Gasteiger partial charge in [-0.25, -0.2) is 13.2 Å². The molecular formula is C18H19NO5S. The van der Waals surface area contributed by atoms with Gasteiger partial charge in [-0.15, -0.1) is 0 Å². The Morgan fingerprint density at radius 3 is 2.20 bits per heavy atom. The number of ether oxygens (including phenoxy) is 1. The van der Waals surface area contributed by atoms with Crippen molar-refractivity contribution in [3.8, 4) is 0 Å². The molecule has 0 saturated heterocycles. The quantitative estimate of drug-likeness (QED) is 0.827. The molecule has 25 heavy (non-hydrogen) atoms. The molecule has 7 heteroatoms. The van der Waals surface area contributed by atoms with Gasteiger partial charge in [-0.2, -0.15) is 0 Å². The number of nitrogens with one attached hydrogen (secondary N) is 1. The van der Waals surface area contributed by atoms with Crippen molar-refractivity contribution in [2.24, 2.45) is 0 Å². The second kappa shape index (κ2) is 7.48. The van der Waals surface area contributed by atoms with Crippen LogP contribution in [0, 0.1) is 6.92 Å². The van der Waals surface area contributed by atoms with Crippen LogP contribution in [0.15, 0.2) is 42.5 Å². The molecule has 0 aliphatic rings. The Morgan fingerprint density at radius 2 is 1.64 bits per heavy atom. The number of benzene rings is 2. The van der Waals surface area contributed by atoms with E-state index in [0.29, 0.717) is 22.4 Å². The lowest BCUT2D eigenvalue weighted by atomic mass is 10.1. The first kappa shape index (κ1) is 18.7. The third-order valence-corrected chi connectivity index (χ3v) is 4.41. The minimum absolute atomic E-state index is 0.0742. The Balaban J connectivity index is 2.18. The summed E-state index contributed by atoms with van der Waals surface area (Å²) in [6, 6.07) is 11.2. The van der Waals surface area contributed by atoms with Gasteiger partial charge in [0.2, 0.25) is 0 Å². The summed E-state index contributed by atoms with van der Waals surface area (Å²) in [7, 11) is -1.83. The largest absolute Gasteiger partial charge is 0.465 e. The number of sulfone groups is 1. The first-order chi connectivity index (χ1) is 11.7. The highest BCUT2D eigenvalue weighted by Gasteiger charge is 2.12. The standard InChI is InChI=1S/C18H19NO5S/c1-12-4-7-15(18(21)24-2)10-16(12)19-17(20)14-8-5-13(6-9-14)11-25(3,22)23/h4-10H,11H2,1-3H3,(H,19,20). The molecule has 2 aromatic carbocycles. The van der Waals surface area contributed by atoms with Crippen molar-refractivity contribution >= 4 is 27.4 Å². The summed E-state index contributed by atoms with van der Waals surface area (Å²) in [6.07, 6.45) is 1.16. The van der Waals surface area contributed by atoms with E-state index in [4.69, 9.17) is 0 Å². The first-order valence-electron chi connectivity index (χ1n) is 7.46. The Labute approximate surface area is 146 Å². The normalized spacial score (nSPS) is 11.0. The third kappa shape index (κ3) is 5.15. The van der Waals surface area contributed by atoms with Gasteiger partial charge in [0.05, 0.1) is 18.4 Å². The fourth-order valence-electron chi connectivity index (χ4n) is 2.25. The number of hydrogen-bond acceptors (Lipinski definition) is 5. The molecule has 0 spiro atoms. The molecule has 0 aliphatic heterocycles. The third-order valence-electron chi connectivity index (χ3n) is 3.55. The maximum atomic E-state index is 12.4. The zero-order valence-electron chi connectivity index (χ0n) is 14.2. The van der Waals surface area contributed by atoms with Crippen molar-refractivity contribution in [2.45, 2.75) is 12.7 Å².